The molecule has 0 saturated heterocycles. The second-order valence-electron chi connectivity index (χ2n) is 11.7. The molecule has 2 aromatic heterocycles. The van der Waals surface area contributed by atoms with Crippen molar-refractivity contribution in [1.82, 2.24) is 19.7 Å². The summed E-state index contributed by atoms with van der Waals surface area (Å²) < 4.78 is 44.2. The molecule has 2 aromatic rings. The molecule has 3 atom stereocenters. The maximum atomic E-state index is 14.5. The third-order valence-electron chi connectivity index (χ3n) is 9.17. The highest BCUT2D eigenvalue weighted by atomic mass is 35.5. The topological polar surface area (TPSA) is 105 Å². The fraction of sp³-hybridized carbons (Fsp3) is 0.593. The average Bonchev–Trinajstić information content (AvgIpc) is 3.31. The predicted molar refractivity (Wildman–Crippen MR) is 139 cm³/mol. The molecular formula is C27H29Cl2F3N4O4. The molecule has 0 radical (unpaired) electrons. The Hall–Kier alpha value is -2.66. The first-order valence-corrected chi connectivity index (χ1v) is 14.0. The molecule has 3 aliphatic carbocycles. The van der Waals surface area contributed by atoms with Crippen LogP contribution in [0.1, 0.15) is 84.8 Å². The van der Waals surface area contributed by atoms with Gasteiger partial charge in [-0.25, -0.2) is 0 Å². The number of carboxylic acid groups (broad SMARTS) is 1. The molecule has 3 aliphatic rings. The molecule has 1 unspecified atom stereocenters. The zero-order valence-electron chi connectivity index (χ0n) is 21.9. The van der Waals surface area contributed by atoms with Gasteiger partial charge in [0.2, 0.25) is 0 Å². The van der Waals surface area contributed by atoms with Crippen LogP contribution in [-0.4, -0.2) is 55.0 Å². The molecule has 3 saturated carbocycles. The summed E-state index contributed by atoms with van der Waals surface area (Å²) in [7, 11) is 0. The Bertz CT molecular complexity index is 1320. The Kier molecular flexibility index (Phi) is 7.44. The Balaban J connectivity index is 1.47. The van der Waals surface area contributed by atoms with Crippen LogP contribution in [0.3, 0.4) is 0 Å². The van der Waals surface area contributed by atoms with E-state index in [1.54, 1.807) is 0 Å². The number of hydrogen-bond donors (Lipinski definition) is 1. The predicted octanol–water partition coefficient (Wildman–Crippen LogP) is 6.18. The SMILES string of the molecule is CC1(C)[C@@H]2CC(N(CC(=O)c3c(Cl)cncc3Cl)C(=O)c3cnn(C4CCC(C(=O)O)CC4)c3C(F)(F)F)C[C@@H]21. The van der Waals surface area contributed by atoms with Crippen molar-refractivity contribution in [3.8, 4) is 0 Å². The minimum atomic E-state index is -4.90. The van der Waals surface area contributed by atoms with Crippen molar-refractivity contribution in [2.24, 2.45) is 23.2 Å². The molecule has 0 aliphatic heterocycles. The van der Waals surface area contributed by atoms with Gasteiger partial charge in [0.05, 0.1) is 45.9 Å². The van der Waals surface area contributed by atoms with Gasteiger partial charge in [-0.15, -0.1) is 0 Å². The van der Waals surface area contributed by atoms with E-state index in [0.29, 0.717) is 24.7 Å². The van der Waals surface area contributed by atoms with Crippen LogP contribution >= 0.6 is 23.2 Å². The third-order valence-corrected chi connectivity index (χ3v) is 9.75. The average molecular weight is 601 g/mol. The van der Waals surface area contributed by atoms with Gasteiger partial charge < -0.3 is 10.0 Å². The van der Waals surface area contributed by atoms with Gasteiger partial charge in [0.25, 0.3) is 5.91 Å². The Morgan fingerprint density at radius 1 is 1.05 bits per heavy atom. The lowest BCUT2D eigenvalue weighted by molar-refractivity contribution is -0.147. The van der Waals surface area contributed by atoms with E-state index in [4.69, 9.17) is 23.2 Å². The van der Waals surface area contributed by atoms with Crippen LogP contribution in [0.25, 0.3) is 0 Å². The van der Waals surface area contributed by atoms with E-state index < -0.39 is 59.6 Å². The Morgan fingerprint density at radius 3 is 2.15 bits per heavy atom. The quantitative estimate of drug-likeness (QED) is 0.380. The summed E-state index contributed by atoms with van der Waals surface area (Å²) in [5.74, 6) is -2.50. The number of pyridine rings is 1. The number of hydrogen-bond acceptors (Lipinski definition) is 5. The number of fused-ring (bicyclic) bond motifs is 1. The van der Waals surface area contributed by atoms with E-state index in [0.717, 1.165) is 10.9 Å². The first kappa shape index (κ1) is 28.9. The number of Topliss-reactive ketones (excluding diaryl/α,β-unsaturated/α-hetero) is 1. The van der Waals surface area contributed by atoms with Crippen molar-refractivity contribution in [2.45, 2.75) is 70.6 Å². The highest BCUT2D eigenvalue weighted by molar-refractivity contribution is 6.39. The van der Waals surface area contributed by atoms with Crippen LogP contribution in [0, 0.1) is 23.2 Å². The maximum absolute atomic E-state index is 14.5. The van der Waals surface area contributed by atoms with E-state index >= 15 is 0 Å². The van der Waals surface area contributed by atoms with Crippen molar-refractivity contribution < 1.29 is 32.7 Å². The summed E-state index contributed by atoms with van der Waals surface area (Å²) in [6, 6.07) is -1.13. The van der Waals surface area contributed by atoms with E-state index in [1.165, 1.54) is 17.3 Å². The number of carbonyl (C=O) groups is 3. The number of rotatable bonds is 7. The number of aromatic nitrogens is 3. The van der Waals surface area contributed by atoms with Crippen LogP contribution in [0.15, 0.2) is 18.6 Å². The fourth-order valence-corrected chi connectivity index (χ4v) is 7.38. The summed E-state index contributed by atoms with van der Waals surface area (Å²) in [4.78, 5) is 43.6. The maximum Gasteiger partial charge on any atom is 0.433 e. The van der Waals surface area contributed by atoms with E-state index in [9.17, 15) is 32.7 Å². The van der Waals surface area contributed by atoms with Gasteiger partial charge in [-0.1, -0.05) is 37.0 Å². The van der Waals surface area contributed by atoms with Crippen molar-refractivity contribution in [3.05, 3.63) is 45.5 Å². The molecule has 3 fully saturated rings. The van der Waals surface area contributed by atoms with Gasteiger partial charge in [-0.3, -0.25) is 24.0 Å². The summed E-state index contributed by atoms with van der Waals surface area (Å²) in [6.07, 6.45) is 0.457. The first-order chi connectivity index (χ1) is 18.7. The number of alkyl halides is 3. The van der Waals surface area contributed by atoms with Crippen molar-refractivity contribution >= 4 is 40.9 Å². The van der Waals surface area contributed by atoms with Gasteiger partial charge in [-0.2, -0.15) is 18.3 Å². The van der Waals surface area contributed by atoms with Crippen LogP contribution in [0.5, 0.6) is 0 Å². The van der Waals surface area contributed by atoms with Gasteiger partial charge >= 0.3 is 12.1 Å². The molecule has 40 heavy (non-hydrogen) atoms. The fourth-order valence-electron chi connectivity index (χ4n) is 6.81. The number of carboxylic acids is 1. The van der Waals surface area contributed by atoms with Gasteiger partial charge in [-0.05, 0) is 55.8 Å². The standard InChI is InChI=1S/C27H29Cl2F3N4O4/c1-26(2)17-7-15(8-18(17)26)35(12-21(37)22-19(28)10-33-11-20(22)29)24(38)16-9-34-36(23(16)27(30,31)32)14-5-3-13(4-6-14)25(39)40/h9-11,13-15,17-18H,3-8,12H2,1-2H3,(H,39,40)/t13?,14?,15?,17-,18+. The summed E-state index contributed by atoms with van der Waals surface area (Å²) >= 11 is 12.3. The zero-order chi connectivity index (χ0) is 29.1. The monoisotopic (exact) mass is 600 g/mol. The number of nitrogens with zero attached hydrogens (tertiary/aromatic N) is 4. The van der Waals surface area contributed by atoms with Gasteiger partial charge in [0.15, 0.2) is 11.5 Å². The van der Waals surface area contributed by atoms with Crippen LogP contribution in [0.4, 0.5) is 13.2 Å². The Morgan fingerprint density at radius 2 is 1.62 bits per heavy atom. The smallest absolute Gasteiger partial charge is 0.433 e. The Labute approximate surface area is 238 Å². The third kappa shape index (κ3) is 5.11. The normalized spacial score (nSPS) is 27.2. The lowest BCUT2D eigenvalue weighted by atomic mass is 9.86. The molecule has 2 heterocycles. The molecule has 216 valence electrons. The van der Waals surface area contributed by atoms with Crippen molar-refractivity contribution in [2.75, 3.05) is 6.54 Å². The molecule has 13 heteroatoms. The minimum Gasteiger partial charge on any atom is -0.481 e. The second-order valence-corrected chi connectivity index (χ2v) is 12.5. The first-order valence-electron chi connectivity index (χ1n) is 13.2. The minimum absolute atomic E-state index is 0.0129. The van der Waals surface area contributed by atoms with Crippen LogP contribution in [-0.2, 0) is 11.0 Å². The number of amides is 1. The lowest BCUT2D eigenvalue weighted by Crippen LogP contribution is -2.44. The highest BCUT2D eigenvalue weighted by Crippen LogP contribution is 2.67. The number of aliphatic carboxylic acids is 1. The van der Waals surface area contributed by atoms with Crippen LogP contribution < -0.4 is 0 Å². The molecule has 8 nitrogen and oxygen atoms in total. The molecule has 0 bridgehead atoms. The summed E-state index contributed by atoms with van der Waals surface area (Å²) in [6.45, 7) is 3.74. The summed E-state index contributed by atoms with van der Waals surface area (Å²) in [5, 5.41) is 13.2. The molecule has 1 amide bonds. The van der Waals surface area contributed by atoms with Crippen molar-refractivity contribution in [1.29, 1.82) is 0 Å². The van der Waals surface area contributed by atoms with E-state index in [1.807, 2.05) is 0 Å². The van der Waals surface area contributed by atoms with Gasteiger partial charge in [0, 0.05) is 18.4 Å². The molecule has 0 spiro atoms. The molecule has 1 N–H and O–H groups in total. The van der Waals surface area contributed by atoms with Crippen molar-refractivity contribution in [3.63, 3.8) is 0 Å². The van der Waals surface area contributed by atoms with E-state index in [2.05, 4.69) is 23.9 Å². The molecule has 0 aromatic carbocycles. The molecular weight excluding hydrogens is 572 g/mol. The number of carbonyl (C=O) groups excluding carboxylic acids is 2. The highest BCUT2D eigenvalue weighted by Gasteiger charge is 2.63. The van der Waals surface area contributed by atoms with Gasteiger partial charge in [0.1, 0.15) is 0 Å². The van der Waals surface area contributed by atoms with E-state index in [-0.39, 0.29) is 46.7 Å². The zero-order valence-corrected chi connectivity index (χ0v) is 23.4. The summed E-state index contributed by atoms with van der Waals surface area (Å²) in [5.41, 5.74) is -1.77. The lowest BCUT2D eigenvalue weighted by Gasteiger charge is -2.32. The van der Waals surface area contributed by atoms with Crippen LogP contribution in [0.2, 0.25) is 10.0 Å². The molecule has 5 rings (SSSR count). The second kappa shape index (κ2) is 10.3. The number of halogens is 5. The number of ketones is 1. The largest absolute Gasteiger partial charge is 0.481 e.